The second kappa shape index (κ2) is 7.08. The van der Waals surface area contributed by atoms with Crippen LogP contribution in [0, 0.1) is 0 Å². The highest BCUT2D eigenvalue weighted by Gasteiger charge is 2.30. The van der Waals surface area contributed by atoms with Gasteiger partial charge in [0.25, 0.3) is 0 Å². The summed E-state index contributed by atoms with van der Waals surface area (Å²) in [6.45, 7) is 0. The fourth-order valence-electron chi connectivity index (χ4n) is 1.93. The van der Waals surface area contributed by atoms with Gasteiger partial charge < -0.3 is 9.52 Å². The van der Waals surface area contributed by atoms with E-state index in [4.69, 9.17) is 4.42 Å². The van der Waals surface area contributed by atoms with Crippen LogP contribution in [0.2, 0.25) is 0 Å². The number of aliphatic hydroxyl groups excluding tert-OH is 1. The number of alkyl halides is 3. The second-order valence-electron chi connectivity index (χ2n) is 4.96. The van der Waals surface area contributed by atoms with Gasteiger partial charge in [0.1, 0.15) is 6.33 Å². The molecule has 0 spiro atoms. The Balaban J connectivity index is 1.70. The molecule has 0 bridgehead atoms. The largest absolute Gasteiger partial charge is 0.504 e. The first-order valence-corrected chi connectivity index (χ1v) is 7.90. The highest BCUT2D eigenvalue weighted by Crippen LogP contribution is 2.33. The van der Waals surface area contributed by atoms with Crippen molar-refractivity contribution in [1.29, 1.82) is 0 Å². The number of rotatable bonds is 5. The summed E-state index contributed by atoms with van der Waals surface area (Å²) in [7, 11) is 0. The molecule has 0 amide bonds. The van der Waals surface area contributed by atoms with Crippen LogP contribution in [0.1, 0.15) is 21.9 Å². The van der Waals surface area contributed by atoms with Crippen LogP contribution >= 0.6 is 11.8 Å². The highest BCUT2D eigenvalue weighted by atomic mass is 32.2. The van der Waals surface area contributed by atoms with Crippen molar-refractivity contribution in [2.45, 2.75) is 16.2 Å². The van der Waals surface area contributed by atoms with Crippen LogP contribution in [0.5, 0.6) is 0 Å². The van der Waals surface area contributed by atoms with Gasteiger partial charge in [-0.15, -0.1) is 0 Å². The van der Waals surface area contributed by atoms with Gasteiger partial charge in [-0.1, -0.05) is 11.8 Å². The Morgan fingerprint density at radius 3 is 2.54 bits per heavy atom. The van der Waals surface area contributed by atoms with E-state index < -0.39 is 23.3 Å². The van der Waals surface area contributed by atoms with Crippen LogP contribution in [0.15, 0.2) is 63.2 Å². The van der Waals surface area contributed by atoms with E-state index in [1.807, 2.05) is 0 Å². The van der Waals surface area contributed by atoms with Crippen molar-refractivity contribution in [3.63, 3.8) is 0 Å². The van der Waals surface area contributed by atoms with E-state index in [0.29, 0.717) is 9.99 Å². The third kappa shape index (κ3) is 4.14. The van der Waals surface area contributed by atoms with Crippen LogP contribution in [-0.4, -0.2) is 26.1 Å². The van der Waals surface area contributed by atoms with Crippen molar-refractivity contribution >= 4 is 23.3 Å². The molecule has 1 aromatic carbocycles. The summed E-state index contributed by atoms with van der Waals surface area (Å²) in [6.07, 6.45) is -2.24. The first-order valence-electron chi connectivity index (χ1n) is 7.09. The van der Waals surface area contributed by atoms with Crippen molar-refractivity contribution < 1.29 is 27.5 Å². The zero-order valence-corrected chi connectivity index (χ0v) is 13.6. The molecule has 6 nitrogen and oxygen atoms in total. The van der Waals surface area contributed by atoms with Crippen molar-refractivity contribution in [1.82, 2.24) is 15.2 Å². The number of nitrogens with zero attached hydrogens (tertiary/aromatic N) is 2. The molecule has 2 heterocycles. The van der Waals surface area contributed by atoms with Crippen LogP contribution in [0.25, 0.3) is 5.76 Å². The average molecular weight is 381 g/mol. The quantitative estimate of drug-likeness (QED) is 0.388. The molecule has 0 saturated heterocycles. The number of nitrogens with one attached hydrogen (secondary N) is 1. The van der Waals surface area contributed by atoms with E-state index in [1.165, 1.54) is 30.6 Å². The number of hydrogen-bond acceptors (Lipinski definition) is 6. The standard InChI is InChI=1S/C16H10F3N3O3S/c17-16(18,19)9-1-3-10(4-2-9)26-14-6-5-13(25-14)11(23)7-12(24)15-20-8-21-22-15/h1-8,24H,(H,20,21,22). The molecule has 0 radical (unpaired) electrons. The fraction of sp³-hybridized carbons (Fsp3) is 0.0625. The Kier molecular flexibility index (Phi) is 4.85. The van der Waals surface area contributed by atoms with Gasteiger partial charge in [-0.05, 0) is 36.4 Å². The summed E-state index contributed by atoms with van der Waals surface area (Å²) < 4.78 is 43.0. The Labute approximate surface area is 148 Å². The number of H-pyrrole nitrogens is 1. The van der Waals surface area contributed by atoms with Gasteiger partial charge in [0.05, 0.1) is 5.56 Å². The second-order valence-corrected chi connectivity index (χ2v) is 6.04. The van der Waals surface area contributed by atoms with Crippen molar-refractivity contribution in [2.24, 2.45) is 0 Å². The van der Waals surface area contributed by atoms with Gasteiger partial charge >= 0.3 is 6.18 Å². The summed E-state index contributed by atoms with van der Waals surface area (Å²) in [5.74, 6) is -1.11. The smallest absolute Gasteiger partial charge is 0.416 e. The minimum atomic E-state index is -4.40. The number of carbonyl (C=O) groups excluding carboxylic acids is 1. The summed E-state index contributed by atoms with van der Waals surface area (Å²) >= 11 is 1.06. The van der Waals surface area contributed by atoms with Crippen LogP contribution in [0.3, 0.4) is 0 Å². The zero-order valence-electron chi connectivity index (χ0n) is 12.8. The van der Waals surface area contributed by atoms with Crippen LogP contribution in [-0.2, 0) is 6.18 Å². The number of furan rings is 1. The van der Waals surface area contributed by atoms with E-state index in [9.17, 15) is 23.1 Å². The Bertz CT molecular complexity index is 932. The molecule has 10 heteroatoms. The van der Waals surface area contributed by atoms with Gasteiger partial charge in [-0.3, -0.25) is 9.89 Å². The Morgan fingerprint density at radius 2 is 1.92 bits per heavy atom. The molecule has 0 atom stereocenters. The summed E-state index contributed by atoms with van der Waals surface area (Å²) in [4.78, 5) is 16.3. The molecule has 0 saturated carbocycles. The lowest BCUT2D eigenvalue weighted by Crippen LogP contribution is -2.03. The average Bonchev–Trinajstić information content (AvgIpc) is 3.26. The molecule has 134 valence electrons. The lowest BCUT2D eigenvalue weighted by Gasteiger charge is -2.06. The number of benzene rings is 1. The topological polar surface area (TPSA) is 92.0 Å². The predicted octanol–water partition coefficient (Wildman–Crippen LogP) is 4.35. The molecule has 0 aliphatic heterocycles. The van der Waals surface area contributed by atoms with E-state index >= 15 is 0 Å². The normalized spacial score (nSPS) is 12.3. The van der Waals surface area contributed by atoms with Crippen molar-refractivity contribution in [2.75, 3.05) is 0 Å². The number of aromatic nitrogens is 3. The van der Waals surface area contributed by atoms with Crippen LogP contribution < -0.4 is 0 Å². The number of hydrogen-bond donors (Lipinski definition) is 2. The zero-order chi connectivity index (χ0) is 18.7. The third-order valence-electron chi connectivity index (χ3n) is 3.14. The number of ketones is 1. The number of aromatic amines is 1. The van der Waals surface area contributed by atoms with Gasteiger partial charge in [0.2, 0.25) is 11.6 Å². The van der Waals surface area contributed by atoms with E-state index in [-0.39, 0.29) is 11.6 Å². The molecule has 3 rings (SSSR count). The maximum atomic E-state index is 12.5. The molecule has 0 aliphatic rings. The van der Waals surface area contributed by atoms with Crippen LogP contribution in [0.4, 0.5) is 13.2 Å². The maximum absolute atomic E-state index is 12.5. The minimum absolute atomic E-state index is 0.0377. The summed E-state index contributed by atoms with van der Waals surface area (Å²) in [5, 5.41) is 16.1. The fourth-order valence-corrected chi connectivity index (χ4v) is 2.70. The number of halogens is 3. The highest BCUT2D eigenvalue weighted by molar-refractivity contribution is 7.99. The minimum Gasteiger partial charge on any atom is -0.504 e. The molecular weight excluding hydrogens is 371 g/mol. The van der Waals surface area contributed by atoms with Crippen molar-refractivity contribution in [3.05, 3.63) is 65.9 Å². The van der Waals surface area contributed by atoms with E-state index in [2.05, 4.69) is 15.2 Å². The van der Waals surface area contributed by atoms with Crippen molar-refractivity contribution in [3.8, 4) is 0 Å². The maximum Gasteiger partial charge on any atom is 0.416 e. The molecule has 2 aromatic heterocycles. The van der Waals surface area contributed by atoms with Gasteiger partial charge in [0, 0.05) is 11.0 Å². The van der Waals surface area contributed by atoms with Gasteiger partial charge in [0.15, 0.2) is 16.6 Å². The monoisotopic (exact) mass is 381 g/mol. The molecular formula is C16H10F3N3O3S. The number of aliphatic hydroxyl groups is 1. The Hall–Kier alpha value is -3.01. The number of allylic oxidation sites excluding steroid dienone is 1. The van der Waals surface area contributed by atoms with E-state index in [1.54, 1.807) is 0 Å². The first kappa shape index (κ1) is 17.8. The summed E-state index contributed by atoms with van der Waals surface area (Å²) in [5.41, 5.74) is -0.746. The number of carbonyl (C=O) groups is 1. The lowest BCUT2D eigenvalue weighted by atomic mass is 10.2. The third-order valence-corrected chi connectivity index (χ3v) is 4.06. The first-order chi connectivity index (χ1) is 12.3. The molecule has 26 heavy (non-hydrogen) atoms. The summed E-state index contributed by atoms with van der Waals surface area (Å²) in [6, 6.07) is 7.46. The Morgan fingerprint density at radius 1 is 1.19 bits per heavy atom. The SMILES string of the molecule is O=C(C=C(O)c1nc[nH]n1)c1ccc(Sc2ccc(C(F)(F)F)cc2)o1. The molecule has 3 aromatic rings. The molecule has 0 unspecified atom stereocenters. The molecule has 2 N–H and O–H groups in total. The van der Waals surface area contributed by atoms with E-state index in [0.717, 1.165) is 30.0 Å². The predicted molar refractivity (Wildman–Crippen MR) is 85.6 cm³/mol. The van der Waals surface area contributed by atoms with Gasteiger partial charge in [-0.2, -0.15) is 18.3 Å². The lowest BCUT2D eigenvalue weighted by molar-refractivity contribution is -0.137. The molecule has 0 aliphatic carbocycles. The molecule has 0 fully saturated rings. The van der Waals surface area contributed by atoms with Gasteiger partial charge in [-0.25, -0.2) is 4.98 Å².